The number of rotatable bonds is 7. The van der Waals surface area contributed by atoms with Crippen molar-refractivity contribution >= 4 is 11.0 Å². The Morgan fingerprint density at radius 1 is 1.33 bits per heavy atom. The summed E-state index contributed by atoms with van der Waals surface area (Å²) in [5, 5.41) is 0. The molecule has 1 heterocycles. The minimum Gasteiger partial charge on any atom is -0.491 e. The molecule has 0 unspecified atom stereocenters. The molecule has 5 heteroatoms. The van der Waals surface area contributed by atoms with E-state index < -0.39 is 0 Å². The number of nitrogens with two attached hydrogens (primary N) is 1. The van der Waals surface area contributed by atoms with Crippen LogP contribution < -0.4 is 10.5 Å². The van der Waals surface area contributed by atoms with Gasteiger partial charge in [-0.3, -0.25) is 0 Å². The van der Waals surface area contributed by atoms with Crippen LogP contribution in [0.25, 0.3) is 11.0 Å². The normalized spacial score (nSPS) is 11.8. The van der Waals surface area contributed by atoms with Crippen molar-refractivity contribution in [1.82, 2.24) is 14.5 Å². The van der Waals surface area contributed by atoms with Crippen molar-refractivity contribution in [1.29, 1.82) is 0 Å². The lowest BCUT2D eigenvalue weighted by Gasteiger charge is -2.13. The van der Waals surface area contributed by atoms with Gasteiger partial charge in [-0.2, -0.15) is 0 Å². The van der Waals surface area contributed by atoms with Crippen LogP contribution in [0.15, 0.2) is 18.2 Å². The number of aromatic nitrogens is 2. The van der Waals surface area contributed by atoms with Crippen LogP contribution in [0.5, 0.6) is 5.75 Å². The molecule has 0 aliphatic heterocycles. The fourth-order valence-electron chi connectivity index (χ4n) is 2.37. The number of likely N-dealkylation sites (N-methyl/N-ethyl adjacent to an activating group) is 1. The zero-order valence-electron chi connectivity index (χ0n) is 13.5. The number of hydrogen-bond acceptors (Lipinski definition) is 4. The van der Waals surface area contributed by atoms with Crippen LogP contribution in [0.4, 0.5) is 0 Å². The van der Waals surface area contributed by atoms with Crippen molar-refractivity contribution in [3.8, 4) is 5.75 Å². The van der Waals surface area contributed by atoms with Gasteiger partial charge in [0.05, 0.1) is 17.1 Å². The highest BCUT2D eigenvalue weighted by molar-refractivity contribution is 5.77. The molecule has 2 N–H and O–H groups in total. The van der Waals surface area contributed by atoms with Crippen molar-refractivity contribution in [3.05, 3.63) is 24.0 Å². The van der Waals surface area contributed by atoms with E-state index in [0.29, 0.717) is 6.54 Å². The van der Waals surface area contributed by atoms with Crippen LogP contribution in [-0.2, 0) is 13.0 Å². The Hall–Kier alpha value is -1.59. The summed E-state index contributed by atoms with van der Waals surface area (Å²) in [5.41, 5.74) is 7.85. The smallest absolute Gasteiger partial charge is 0.121 e. The van der Waals surface area contributed by atoms with Crippen LogP contribution in [0, 0.1) is 0 Å². The summed E-state index contributed by atoms with van der Waals surface area (Å²) in [6.45, 7) is 6.57. The number of fused-ring (bicyclic) bond motifs is 1. The molecule has 0 saturated carbocycles. The van der Waals surface area contributed by atoms with Crippen molar-refractivity contribution in [2.45, 2.75) is 32.9 Å². The highest BCUT2D eigenvalue weighted by atomic mass is 16.5. The van der Waals surface area contributed by atoms with E-state index in [2.05, 4.69) is 29.6 Å². The van der Waals surface area contributed by atoms with Crippen molar-refractivity contribution in [2.75, 3.05) is 27.2 Å². The van der Waals surface area contributed by atoms with Gasteiger partial charge in [0, 0.05) is 25.6 Å². The van der Waals surface area contributed by atoms with E-state index >= 15 is 0 Å². The van der Waals surface area contributed by atoms with E-state index in [0.717, 1.165) is 42.1 Å². The lowest BCUT2D eigenvalue weighted by molar-refractivity contribution is 0.242. The van der Waals surface area contributed by atoms with Crippen molar-refractivity contribution in [3.63, 3.8) is 0 Å². The van der Waals surface area contributed by atoms with E-state index in [1.807, 2.05) is 26.0 Å². The number of ether oxygens (including phenoxy) is 1. The SMILES string of the molecule is CC(C)Oc1ccc2c(c1)nc(CCN)n2CCN(C)C. The molecule has 0 spiro atoms. The largest absolute Gasteiger partial charge is 0.491 e. The van der Waals surface area contributed by atoms with Crippen LogP contribution in [0.1, 0.15) is 19.7 Å². The third-order valence-corrected chi connectivity index (χ3v) is 3.31. The lowest BCUT2D eigenvalue weighted by Crippen LogP contribution is -2.20. The van der Waals surface area contributed by atoms with Gasteiger partial charge in [-0.05, 0) is 46.6 Å². The third kappa shape index (κ3) is 3.95. The second kappa shape index (κ2) is 6.91. The summed E-state index contributed by atoms with van der Waals surface area (Å²) in [4.78, 5) is 6.91. The molecule has 0 amide bonds. The number of imidazole rings is 1. The Kier molecular flexibility index (Phi) is 5.20. The van der Waals surface area contributed by atoms with Gasteiger partial charge in [-0.25, -0.2) is 4.98 Å². The van der Waals surface area contributed by atoms with Gasteiger partial charge in [-0.1, -0.05) is 0 Å². The maximum absolute atomic E-state index is 5.75. The molecule has 0 bridgehead atoms. The molecule has 116 valence electrons. The average Bonchev–Trinajstić information content (AvgIpc) is 2.72. The fourth-order valence-corrected chi connectivity index (χ4v) is 2.37. The first-order chi connectivity index (χ1) is 10.0. The maximum atomic E-state index is 5.75. The van der Waals surface area contributed by atoms with E-state index in [1.165, 1.54) is 0 Å². The summed E-state index contributed by atoms with van der Waals surface area (Å²) in [6, 6.07) is 6.12. The first kappa shape index (κ1) is 15.8. The van der Waals surface area contributed by atoms with Gasteiger partial charge < -0.3 is 19.9 Å². The van der Waals surface area contributed by atoms with Gasteiger partial charge in [-0.15, -0.1) is 0 Å². The second-order valence-electron chi connectivity index (χ2n) is 5.84. The Labute approximate surface area is 126 Å². The minimum absolute atomic E-state index is 0.168. The number of benzene rings is 1. The monoisotopic (exact) mass is 290 g/mol. The molecule has 5 nitrogen and oxygen atoms in total. The van der Waals surface area contributed by atoms with Gasteiger partial charge in [0.2, 0.25) is 0 Å². The summed E-state index contributed by atoms with van der Waals surface area (Å²) in [5.74, 6) is 1.92. The summed E-state index contributed by atoms with van der Waals surface area (Å²) in [7, 11) is 4.16. The molecular weight excluding hydrogens is 264 g/mol. The Bertz CT molecular complexity index is 589. The third-order valence-electron chi connectivity index (χ3n) is 3.31. The van der Waals surface area contributed by atoms with Gasteiger partial charge in [0.25, 0.3) is 0 Å². The second-order valence-corrected chi connectivity index (χ2v) is 5.84. The summed E-state index contributed by atoms with van der Waals surface area (Å²) < 4.78 is 8.01. The molecule has 2 aromatic rings. The Morgan fingerprint density at radius 2 is 2.10 bits per heavy atom. The summed E-state index contributed by atoms with van der Waals surface area (Å²) in [6.07, 6.45) is 0.962. The first-order valence-electron chi connectivity index (χ1n) is 7.52. The quantitative estimate of drug-likeness (QED) is 0.846. The topological polar surface area (TPSA) is 56.3 Å². The molecule has 0 atom stereocenters. The Morgan fingerprint density at radius 3 is 2.71 bits per heavy atom. The molecule has 1 aromatic carbocycles. The van der Waals surface area contributed by atoms with Crippen LogP contribution >= 0.6 is 0 Å². The molecule has 0 aliphatic rings. The predicted molar refractivity (Wildman–Crippen MR) is 86.8 cm³/mol. The van der Waals surface area contributed by atoms with Crippen molar-refractivity contribution in [2.24, 2.45) is 5.73 Å². The van der Waals surface area contributed by atoms with Gasteiger partial charge in [0.1, 0.15) is 11.6 Å². The highest BCUT2D eigenvalue weighted by Gasteiger charge is 2.11. The summed E-state index contributed by atoms with van der Waals surface area (Å²) >= 11 is 0. The van der Waals surface area contributed by atoms with E-state index in [1.54, 1.807) is 0 Å². The molecule has 1 aromatic heterocycles. The zero-order valence-corrected chi connectivity index (χ0v) is 13.5. The molecule has 21 heavy (non-hydrogen) atoms. The van der Waals surface area contributed by atoms with Crippen LogP contribution in [-0.4, -0.2) is 47.7 Å². The molecule has 0 aliphatic carbocycles. The molecular formula is C16H26N4O. The number of hydrogen-bond donors (Lipinski definition) is 1. The molecule has 0 radical (unpaired) electrons. The van der Waals surface area contributed by atoms with E-state index in [4.69, 9.17) is 15.5 Å². The molecule has 0 fully saturated rings. The van der Waals surface area contributed by atoms with Crippen molar-refractivity contribution < 1.29 is 4.74 Å². The minimum atomic E-state index is 0.168. The predicted octanol–water partition coefficient (Wildman–Crippen LogP) is 1.89. The molecule has 0 saturated heterocycles. The van der Waals surface area contributed by atoms with Gasteiger partial charge >= 0.3 is 0 Å². The molecule has 2 rings (SSSR count). The zero-order chi connectivity index (χ0) is 15.4. The maximum Gasteiger partial charge on any atom is 0.121 e. The van der Waals surface area contributed by atoms with Crippen LogP contribution in [0.3, 0.4) is 0 Å². The van der Waals surface area contributed by atoms with E-state index in [-0.39, 0.29) is 6.10 Å². The number of nitrogens with zero attached hydrogens (tertiary/aromatic N) is 3. The van der Waals surface area contributed by atoms with Crippen LogP contribution in [0.2, 0.25) is 0 Å². The highest BCUT2D eigenvalue weighted by Crippen LogP contribution is 2.23. The standard InChI is InChI=1S/C16H26N4O/c1-12(2)21-13-5-6-15-14(11-13)18-16(7-8-17)20(15)10-9-19(3)4/h5-6,11-12H,7-10,17H2,1-4H3. The Balaban J connectivity index is 2.36. The average molecular weight is 290 g/mol. The fraction of sp³-hybridized carbons (Fsp3) is 0.562. The first-order valence-corrected chi connectivity index (χ1v) is 7.52. The van der Waals surface area contributed by atoms with E-state index in [9.17, 15) is 0 Å². The lowest BCUT2D eigenvalue weighted by atomic mass is 10.3. The van der Waals surface area contributed by atoms with Gasteiger partial charge in [0.15, 0.2) is 0 Å².